The van der Waals surface area contributed by atoms with E-state index in [4.69, 9.17) is 18.9 Å². The summed E-state index contributed by atoms with van der Waals surface area (Å²) in [6, 6.07) is -0.823. The van der Waals surface area contributed by atoms with E-state index in [1.54, 1.807) is 0 Å². The van der Waals surface area contributed by atoms with Crippen LogP contribution in [0, 0.1) is 0 Å². The molecule has 14 heteroatoms. The van der Waals surface area contributed by atoms with Crippen molar-refractivity contribution >= 4 is 5.91 Å². The molecule has 430 valence electrons. The van der Waals surface area contributed by atoms with E-state index in [1.165, 1.54) is 116 Å². The molecule has 0 saturated carbocycles. The summed E-state index contributed by atoms with van der Waals surface area (Å²) in [7, 11) is 0. The molecule has 14 nitrogen and oxygen atoms in total. The van der Waals surface area contributed by atoms with Gasteiger partial charge in [0.2, 0.25) is 5.91 Å². The molecule has 2 rings (SSSR count). The fourth-order valence-electron chi connectivity index (χ4n) is 9.50. The normalized spacial score (nSPS) is 25.6. The molecule has 0 aliphatic carbocycles. The first-order valence-corrected chi connectivity index (χ1v) is 29.5. The van der Waals surface area contributed by atoms with Gasteiger partial charge in [-0.2, -0.15) is 0 Å². The van der Waals surface area contributed by atoms with Gasteiger partial charge in [0, 0.05) is 6.42 Å². The van der Waals surface area contributed by atoms with Crippen LogP contribution in [0.1, 0.15) is 219 Å². The molecule has 9 N–H and O–H groups in total. The third kappa shape index (κ3) is 31.2. The molecular weight excluding hydrogens is 943 g/mol. The van der Waals surface area contributed by atoms with Gasteiger partial charge in [0.15, 0.2) is 12.6 Å². The lowest BCUT2D eigenvalue weighted by Crippen LogP contribution is -2.65. The molecule has 0 aromatic carbocycles. The summed E-state index contributed by atoms with van der Waals surface area (Å²) in [5.74, 6) is -0.218. The van der Waals surface area contributed by atoms with Crippen molar-refractivity contribution in [1.29, 1.82) is 0 Å². The van der Waals surface area contributed by atoms with Crippen molar-refractivity contribution in [2.24, 2.45) is 0 Å². The zero-order valence-electron chi connectivity index (χ0n) is 46.1. The number of rotatable bonds is 46. The summed E-state index contributed by atoms with van der Waals surface area (Å²) >= 11 is 0. The van der Waals surface area contributed by atoms with Crippen molar-refractivity contribution in [1.82, 2.24) is 5.32 Å². The minimum atomic E-state index is -1.78. The fourth-order valence-corrected chi connectivity index (χ4v) is 9.50. The summed E-state index contributed by atoms with van der Waals surface area (Å²) in [5.41, 5.74) is 0. The minimum absolute atomic E-state index is 0.218. The zero-order chi connectivity index (χ0) is 53.9. The lowest BCUT2D eigenvalue weighted by atomic mass is 9.97. The van der Waals surface area contributed by atoms with E-state index >= 15 is 0 Å². The second-order valence-corrected chi connectivity index (χ2v) is 20.7. The van der Waals surface area contributed by atoms with Crippen LogP contribution in [0.3, 0.4) is 0 Å². The van der Waals surface area contributed by atoms with Crippen LogP contribution in [0.2, 0.25) is 0 Å². The third-order valence-electron chi connectivity index (χ3n) is 14.2. The van der Waals surface area contributed by atoms with Crippen LogP contribution in [0.15, 0.2) is 60.8 Å². The van der Waals surface area contributed by atoms with E-state index in [-0.39, 0.29) is 12.5 Å². The number of hydrogen-bond donors (Lipinski definition) is 9. The van der Waals surface area contributed by atoms with E-state index in [1.807, 2.05) is 0 Å². The number of carbonyl (C=O) groups excluding carboxylic acids is 1. The highest BCUT2D eigenvalue weighted by atomic mass is 16.7. The quantitative estimate of drug-likeness (QED) is 0.0205. The number of aliphatic hydroxyl groups is 8. The van der Waals surface area contributed by atoms with Gasteiger partial charge in [-0.25, -0.2) is 0 Å². The second-order valence-electron chi connectivity index (χ2n) is 20.7. The van der Waals surface area contributed by atoms with E-state index < -0.39 is 86.8 Å². The molecule has 1 amide bonds. The van der Waals surface area contributed by atoms with Gasteiger partial charge >= 0.3 is 0 Å². The fraction of sp³-hybridized carbons (Fsp3) is 0.817. The van der Waals surface area contributed by atoms with E-state index in [2.05, 4.69) is 79.9 Å². The van der Waals surface area contributed by atoms with E-state index in [0.717, 1.165) is 77.0 Å². The average molecular weight is 1050 g/mol. The van der Waals surface area contributed by atoms with Crippen LogP contribution in [-0.2, 0) is 23.7 Å². The van der Waals surface area contributed by atoms with Gasteiger partial charge in [0.25, 0.3) is 0 Å². The van der Waals surface area contributed by atoms with Gasteiger partial charge in [0.1, 0.15) is 48.8 Å². The highest BCUT2D eigenvalue weighted by Crippen LogP contribution is 2.30. The van der Waals surface area contributed by atoms with Crippen molar-refractivity contribution in [2.45, 2.75) is 293 Å². The molecule has 74 heavy (non-hydrogen) atoms. The Morgan fingerprint density at radius 2 is 0.932 bits per heavy atom. The van der Waals surface area contributed by atoms with Crippen molar-refractivity contribution < 1.29 is 64.6 Å². The molecule has 0 aromatic heterocycles. The Bertz CT molecular complexity index is 1470. The average Bonchev–Trinajstić information content (AvgIpc) is 3.40. The Morgan fingerprint density at radius 3 is 1.41 bits per heavy atom. The maximum absolute atomic E-state index is 13.1. The molecular formula is C60H107NO13. The van der Waals surface area contributed by atoms with Crippen LogP contribution < -0.4 is 5.32 Å². The number of nitrogens with one attached hydrogen (secondary N) is 1. The first kappa shape index (κ1) is 67.8. The molecule has 0 radical (unpaired) electrons. The van der Waals surface area contributed by atoms with Gasteiger partial charge in [-0.15, -0.1) is 0 Å². The number of hydrogen-bond acceptors (Lipinski definition) is 13. The molecule has 12 atom stereocenters. The first-order valence-electron chi connectivity index (χ1n) is 29.5. The summed E-state index contributed by atoms with van der Waals surface area (Å²) in [5, 5.41) is 86.2. The standard InChI is InChI=1S/C60H107NO13/c1-3-5-7-8-9-10-11-12-13-14-15-16-17-18-19-20-21-22-23-24-25-26-27-28-29-30-31-32-33-34-35-36-37-38-39-40-42-44-52(65)61-48(49(64)43-41-6-4-2)47-71-59-57(70)55(68)58(51(46-63)73-59)74-60-56(69)54(67)53(66)50(45-62)72-60/h5,7,9-10,12-13,15-16,18-19,48-51,53-60,62-64,66-70H,3-4,6,8,11,14,17,20-47H2,1-2H3,(H,61,65)/b7-5-,10-9-,13-12-,16-15-,19-18-. The van der Waals surface area contributed by atoms with Gasteiger partial charge in [0.05, 0.1) is 32.0 Å². The lowest BCUT2D eigenvalue weighted by Gasteiger charge is -2.46. The number of ether oxygens (including phenoxy) is 4. The predicted octanol–water partition coefficient (Wildman–Crippen LogP) is 9.78. The Hall–Kier alpha value is -2.31. The maximum Gasteiger partial charge on any atom is 0.220 e. The number of allylic oxidation sites excluding steroid dienone is 10. The Morgan fingerprint density at radius 1 is 0.500 bits per heavy atom. The molecule has 2 aliphatic rings. The van der Waals surface area contributed by atoms with Gasteiger partial charge in [-0.05, 0) is 57.8 Å². The molecule has 0 spiro atoms. The molecule has 12 unspecified atom stereocenters. The Labute approximate surface area is 447 Å². The van der Waals surface area contributed by atoms with E-state index in [0.29, 0.717) is 12.8 Å². The first-order chi connectivity index (χ1) is 36.1. The molecule has 2 fully saturated rings. The van der Waals surface area contributed by atoms with Crippen LogP contribution in [0.4, 0.5) is 0 Å². The van der Waals surface area contributed by atoms with Gasteiger partial charge < -0.3 is 65.1 Å². The van der Waals surface area contributed by atoms with Crippen LogP contribution in [0.25, 0.3) is 0 Å². The smallest absolute Gasteiger partial charge is 0.220 e. The number of aliphatic hydroxyl groups excluding tert-OH is 8. The SMILES string of the molecule is CC/C=C\C/C=C\C/C=C\C/C=C\C/C=C\CCCCCCCCCCCCCCCCCCCCCCCC(=O)NC(COC1OC(CO)C(OC2OC(CO)C(O)C(O)C2O)C(O)C1O)C(O)CCCCC. The highest BCUT2D eigenvalue weighted by molar-refractivity contribution is 5.76. The largest absolute Gasteiger partial charge is 0.394 e. The third-order valence-corrected chi connectivity index (χ3v) is 14.2. The Balaban J connectivity index is 1.46. The number of carbonyl (C=O) groups is 1. The maximum atomic E-state index is 13.1. The molecule has 2 saturated heterocycles. The monoisotopic (exact) mass is 1050 g/mol. The molecule has 0 aromatic rings. The van der Waals surface area contributed by atoms with Crippen molar-refractivity contribution in [3.63, 3.8) is 0 Å². The van der Waals surface area contributed by atoms with Crippen LogP contribution in [0.5, 0.6) is 0 Å². The van der Waals surface area contributed by atoms with Gasteiger partial charge in [-0.3, -0.25) is 4.79 Å². The lowest BCUT2D eigenvalue weighted by molar-refractivity contribution is -0.359. The minimum Gasteiger partial charge on any atom is -0.394 e. The summed E-state index contributed by atoms with van der Waals surface area (Å²) in [6.45, 7) is 2.56. The molecule has 2 heterocycles. The Kier molecular flexibility index (Phi) is 41.9. The van der Waals surface area contributed by atoms with Crippen LogP contribution >= 0.6 is 0 Å². The predicted molar refractivity (Wildman–Crippen MR) is 295 cm³/mol. The second kappa shape index (κ2) is 45.7. The van der Waals surface area contributed by atoms with Crippen molar-refractivity contribution in [2.75, 3.05) is 19.8 Å². The highest BCUT2D eigenvalue weighted by Gasteiger charge is 2.51. The summed E-state index contributed by atoms with van der Waals surface area (Å²) in [6.07, 6.45) is 42.4. The van der Waals surface area contributed by atoms with Crippen molar-refractivity contribution in [3.05, 3.63) is 60.8 Å². The molecule has 0 bridgehead atoms. The summed E-state index contributed by atoms with van der Waals surface area (Å²) < 4.78 is 22.6. The number of amides is 1. The van der Waals surface area contributed by atoms with Gasteiger partial charge in [-0.1, -0.05) is 216 Å². The van der Waals surface area contributed by atoms with E-state index in [9.17, 15) is 45.6 Å². The zero-order valence-corrected chi connectivity index (χ0v) is 46.1. The topological polar surface area (TPSA) is 228 Å². The van der Waals surface area contributed by atoms with Crippen LogP contribution in [-0.4, -0.2) is 140 Å². The summed E-state index contributed by atoms with van der Waals surface area (Å²) in [4.78, 5) is 13.1. The molecule has 2 aliphatic heterocycles. The van der Waals surface area contributed by atoms with Crippen molar-refractivity contribution in [3.8, 4) is 0 Å². The number of unbranched alkanes of at least 4 members (excludes halogenated alkanes) is 23.